The lowest BCUT2D eigenvalue weighted by Crippen LogP contribution is -2.35. The molecule has 0 aliphatic heterocycles. The summed E-state index contributed by atoms with van der Waals surface area (Å²) in [6.07, 6.45) is 3.86. The molecule has 0 heterocycles. The smallest absolute Gasteiger partial charge is 0.151 e. The van der Waals surface area contributed by atoms with E-state index in [1.54, 1.807) is 6.92 Å². The molecule has 1 fully saturated rings. The summed E-state index contributed by atoms with van der Waals surface area (Å²) < 4.78 is 22.1. The Labute approximate surface area is 86.4 Å². The predicted molar refractivity (Wildman–Crippen MR) is 58.2 cm³/mol. The van der Waals surface area contributed by atoms with Crippen LogP contribution >= 0.6 is 0 Å². The van der Waals surface area contributed by atoms with Gasteiger partial charge in [-0.15, -0.1) is 0 Å². The van der Waals surface area contributed by atoms with Crippen LogP contribution in [0.25, 0.3) is 0 Å². The van der Waals surface area contributed by atoms with Crippen LogP contribution in [0.3, 0.4) is 0 Å². The van der Waals surface area contributed by atoms with E-state index >= 15 is 0 Å². The van der Waals surface area contributed by atoms with Gasteiger partial charge in [-0.3, -0.25) is 0 Å². The average Bonchev–Trinajstić information content (AvgIpc) is 2.85. The number of rotatable bonds is 7. The molecule has 0 aromatic heterocycles. The molecular formula is C9H20N2O2S. The normalized spacial score (nSPS) is 19.6. The summed E-state index contributed by atoms with van der Waals surface area (Å²) in [5, 5.41) is 6.20. The van der Waals surface area contributed by atoms with Crippen molar-refractivity contribution in [2.24, 2.45) is 0 Å². The molecule has 0 aromatic rings. The minimum absolute atomic E-state index is 0.288. The SMILES string of the molecule is CC(CNCCNC1CC1)S(C)(=O)=O. The van der Waals surface area contributed by atoms with E-state index in [1.165, 1.54) is 19.1 Å². The van der Waals surface area contributed by atoms with Gasteiger partial charge in [-0.25, -0.2) is 8.42 Å². The second-order valence-corrected chi connectivity index (χ2v) is 6.54. The highest BCUT2D eigenvalue weighted by molar-refractivity contribution is 7.91. The fourth-order valence-electron chi connectivity index (χ4n) is 1.11. The Balaban J connectivity index is 1.97. The summed E-state index contributed by atoms with van der Waals surface area (Å²) in [5.41, 5.74) is 0. The summed E-state index contributed by atoms with van der Waals surface area (Å²) in [4.78, 5) is 0. The molecule has 1 rings (SSSR count). The van der Waals surface area contributed by atoms with Crippen molar-refractivity contribution < 1.29 is 8.42 Å². The number of hydrogen-bond acceptors (Lipinski definition) is 4. The third-order valence-electron chi connectivity index (χ3n) is 2.47. The maximum absolute atomic E-state index is 11.1. The van der Waals surface area contributed by atoms with Gasteiger partial charge in [-0.1, -0.05) is 0 Å². The fraction of sp³-hybridized carbons (Fsp3) is 1.00. The van der Waals surface area contributed by atoms with Crippen LogP contribution in [0, 0.1) is 0 Å². The second-order valence-electron chi connectivity index (χ2n) is 4.07. The fourth-order valence-corrected chi connectivity index (χ4v) is 1.53. The van der Waals surface area contributed by atoms with Crippen LogP contribution in [0.5, 0.6) is 0 Å². The molecule has 1 aliphatic rings. The van der Waals surface area contributed by atoms with Crippen LogP contribution in [-0.4, -0.2) is 45.6 Å². The summed E-state index contributed by atoms with van der Waals surface area (Å²) in [6, 6.07) is 0.726. The zero-order valence-corrected chi connectivity index (χ0v) is 9.73. The maximum atomic E-state index is 11.1. The van der Waals surface area contributed by atoms with Gasteiger partial charge in [-0.2, -0.15) is 0 Å². The van der Waals surface area contributed by atoms with E-state index in [0.29, 0.717) is 6.54 Å². The summed E-state index contributed by atoms with van der Waals surface area (Å²) >= 11 is 0. The second kappa shape index (κ2) is 5.09. The first-order chi connectivity index (χ1) is 6.50. The van der Waals surface area contributed by atoms with Crippen molar-refractivity contribution in [2.75, 3.05) is 25.9 Å². The highest BCUT2D eigenvalue weighted by Gasteiger charge is 2.19. The van der Waals surface area contributed by atoms with Gasteiger partial charge in [0.05, 0.1) is 5.25 Å². The molecule has 1 saturated carbocycles. The Hall–Kier alpha value is -0.130. The molecule has 2 N–H and O–H groups in total. The lowest BCUT2D eigenvalue weighted by Gasteiger charge is -2.10. The standard InChI is InChI=1S/C9H20N2O2S/c1-8(14(2,12)13)7-10-5-6-11-9-3-4-9/h8-11H,3-7H2,1-2H3. The van der Waals surface area contributed by atoms with Crippen molar-refractivity contribution in [3.05, 3.63) is 0 Å². The molecule has 1 unspecified atom stereocenters. The molecule has 1 aliphatic carbocycles. The quantitative estimate of drug-likeness (QED) is 0.582. The largest absolute Gasteiger partial charge is 0.314 e. The monoisotopic (exact) mass is 220 g/mol. The molecule has 5 heteroatoms. The molecular weight excluding hydrogens is 200 g/mol. The van der Waals surface area contributed by atoms with Crippen LogP contribution in [0.15, 0.2) is 0 Å². The van der Waals surface area contributed by atoms with Crippen molar-refractivity contribution in [3.63, 3.8) is 0 Å². The van der Waals surface area contributed by atoms with Crippen molar-refractivity contribution >= 4 is 9.84 Å². The minimum atomic E-state index is -2.88. The average molecular weight is 220 g/mol. The molecule has 0 saturated heterocycles. The third-order valence-corrected chi connectivity index (χ3v) is 4.10. The van der Waals surface area contributed by atoms with E-state index in [9.17, 15) is 8.42 Å². The zero-order chi connectivity index (χ0) is 10.6. The molecule has 0 spiro atoms. The Kier molecular flexibility index (Phi) is 4.34. The van der Waals surface area contributed by atoms with Crippen LogP contribution in [-0.2, 0) is 9.84 Å². The minimum Gasteiger partial charge on any atom is -0.314 e. The van der Waals surface area contributed by atoms with E-state index in [1.807, 2.05) is 0 Å². The van der Waals surface area contributed by atoms with Gasteiger partial charge >= 0.3 is 0 Å². The maximum Gasteiger partial charge on any atom is 0.151 e. The van der Waals surface area contributed by atoms with Gasteiger partial charge in [-0.05, 0) is 19.8 Å². The molecule has 84 valence electrons. The van der Waals surface area contributed by atoms with Gasteiger partial charge < -0.3 is 10.6 Å². The lowest BCUT2D eigenvalue weighted by atomic mass is 10.4. The van der Waals surface area contributed by atoms with E-state index < -0.39 is 9.84 Å². The lowest BCUT2D eigenvalue weighted by molar-refractivity contribution is 0.568. The highest BCUT2D eigenvalue weighted by Crippen LogP contribution is 2.17. The Morgan fingerprint density at radius 1 is 1.36 bits per heavy atom. The molecule has 0 aromatic carbocycles. The van der Waals surface area contributed by atoms with Crippen molar-refractivity contribution in [3.8, 4) is 0 Å². The highest BCUT2D eigenvalue weighted by atomic mass is 32.2. The van der Waals surface area contributed by atoms with Crippen molar-refractivity contribution in [1.29, 1.82) is 0 Å². The Morgan fingerprint density at radius 2 is 2.00 bits per heavy atom. The predicted octanol–water partition coefficient (Wildman–Crippen LogP) is -0.239. The topological polar surface area (TPSA) is 58.2 Å². The van der Waals surface area contributed by atoms with E-state index in [4.69, 9.17) is 0 Å². The molecule has 0 bridgehead atoms. The Morgan fingerprint density at radius 3 is 2.50 bits per heavy atom. The van der Waals surface area contributed by atoms with Crippen LogP contribution in [0.2, 0.25) is 0 Å². The Bertz CT molecular complexity index is 260. The van der Waals surface area contributed by atoms with Crippen molar-refractivity contribution in [2.45, 2.75) is 31.1 Å². The third kappa shape index (κ3) is 4.93. The van der Waals surface area contributed by atoms with Crippen LogP contribution < -0.4 is 10.6 Å². The molecule has 1 atom stereocenters. The van der Waals surface area contributed by atoms with Gasteiger partial charge in [0.2, 0.25) is 0 Å². The van der Waals surface area contributed by atoms with E-state index in [-0.39, 0.29) is 5.25 Å². The summed E-state index contributed by atoms with van der Waals surface area (Å²) in [7, 11) is -2.88. The number of sulfone groups is 1. The molecule has 0 amide bonds. The molecule has 4 nitrogen and oxygen atoms in total. The van der Waals surface area contributed by atoms with Crippen LogP contribution in [0.4, 0.5) is 0 Å². The van der Waals surface area contributed by atoms with Gasteiger partial charge in [0.15, 0.2) is 9.84 Å². The summed E-state index contributed by atoms with van der Waals surface area (Å²) in [6.45, 7) is 4.05. The first-order valence-electron chi connectivity index (χ1n) is 5.13. The molecule has 0 radical (unpaired) electrons. The summed E-state index contributed by atoms with van der Waals surface area (Å²) in [5.74, 6) is 0. The number of hydrogen-bond donors (Lipinski definition) is 2. The first-order valence-corrected chi connectivity index (χ1v) is 7.08. The van der Waals surface area contributed by atoms with Gasteiger partial charge in [0.25, 0.3) is 0 Å². The first kappa shape index (κ1) is 11.9. The number of nitrogens with one attached hydrogen (secondary N) is 2. The van der Waals surface area contributed by atoms with Crippen LogP contribution in [0.1, 0.15) is 19.8 Å². The van der Waals surface area contributed by atoms with Gasteiger partial charge in [0, 0.05) is 31.9 Å². The van der Waals surface area contributed by atoms with E-state index in [2.05, 4.69) is 10.6 Å². The zero-order valence-electron chi connectivity index (χ0n) is 8.91. The molecule has 14 heavy (non-hydrogen) atoms. The van der Waals surface area contributed by atoms with Crippen molar-refractivity contribution in [1.82, 2.24) is 10.6 Å². The van der Waals surface area contributed by atoms with E-state index in [0.717, 1.165) is 19.1 Å². The van der Waals surface area contributed by atoms with Gasteiger partial charge in [0.1, 0.15) is 0 Å².